The van der Waals surface area contributed by atoms with Crippen LogP contribution in [0.15, 0.2) is 64.0 Å². The number of rotatable bonds is 7. The number of nitrogens with one attached hydrogen (secondary N) is 1. The van der Waals surface area contributed by atoms with Crippen LogP contribution in [-0.2, 0) is 17.9 Å². The lowest BCUT2D eigenvalue weighted by Gasteiger charge is -2.22. The van der Waals surface area contributed by atoms with E-state index < -0.39 is 0 Å². The van der Waals surface area contributed by atoms with Gasteiger partial charge in [0.1, 0.15) is 17.1 Å². The van der Waals surface area contributed by atoms with Gasteiger partial charge in [0, 0.05) is 26.5 Å². The van der Waals surface area contributed by atoms with E-state index in [4.69, 9.17) is 14.1 Å². The monoisotopic (exact) mass is 408 g/mol. The van der Waals surface area contributed by atoms with Gasteiger partial charge in [0.2, 0.25) is 5.91 Å². The zero-order chi connectivity index (χ0) is 21.5. The van der Waals surface area contributed by atoms with Crippen molar-refractivity contribution in [1.82, 2.24) is 15.1 Å². The minimum atomic E-state index is -0.0238. The molecule has 0 fully saturated rings. The molecule has 0 aliphatic rings. The fraction of sp³-hybridized carbons (Fsp3) is 0.304. The summed E-state index contributed by atoms with van der Waals surface area (Å²) in [6, 6.07) is 17.7. The third-order valence-corrected chi connectivity index (χ3v) is 4.70. The molecule has 0 unspecified atom stereocenters. The van der Waals surface area contributed by atoms with Crippen molar-refractivity contribution in [2.75, 3.05) is 34.8 Å². The number of carbonyl (C=O) groups is 1. The molecule has 7 nitrogen and oxygen atoms in total. The molecule has 0 radical (unpaired) electrons. The van der Waals surface area contributed by atoms with Crippen molar-refractivity contribution in [1.29, 1.82) is 0 Å². The average molecular weight is 409 g/mol. The number of nitrogens with zero attached hydrogens (tertiary/aromatic N) is 3. The van der Waals surface area contributed by atoms with Crippen molar-refractivity contribution >= 4 is 22.8 Å². The number of para-hydroxylation sites is 1. The quantitative estimate of drug-likeness (QED) is 0.481. The summed E-state index contributed by atoms with van der Waals surface area (Å²) in [6.45, 7) is 1.17. The molecule has 0 saturated carbocycles. The number of hydrogen-bond donors (Lipinski definition) is 1. The number of hydrogen-bond acceptors (Lipinski definition) is 4. The van der Waals surface area contributed by atoms with Gasteiger partial charge in [-0.05, 0) is 29.8 Å². The molecule has 0 aliphatic carbocycles. The number of guanidine groups is 1. The summed E-state index contributed by atoms with van der Waals surface area (Å²) in [5.41, 5.74) is 1.90. The Morgan fingerprint density at radius 1 is 1.10 bits per heavy atom. The summed E-state index contributed by atoms with van der Waals surface area (Å²) in [5.74, 6) is 2.24. The van der Waals surface area contributed by atoms with Gasteiger partial charge in [-0.15, -0.1) is 0 Å². The first-order chi connectivity index (χ1) is 14.5. The molecule has 0 atom stereocenters. The minimum Gasteiger partial charge on any atom is -0.497 e. The largest absolute Gasteiger partial charge is 0.497 e. The number of benzene rings is 2. The maximum absolute atomic E-state index is 12.0. The van der Waals surface area contributed by atoms with Crippen molar-refractivity contribution in [2.24, 2.45) is 4.99 Å². The van der Waals surface area contributed by atoms with Crippen LogP contribution in [0.3, 0.4) is 0 Å². The van der Waals surface area contributed by atoms with E-state index in [2.05, 4.69) is 5.32 Å². The standard InChI is InChI=1S/C23H28N4O3/c1-26(2)22(28)15-25-23(24-14-17-9-11-19(29-4)12-10-17)27(3)16-20-13-18-7-5-6-8-21(18)30-20/h5-13H,14-16H2,1-4H3,(H,24,25). The van der Waals surface area contributed by atoms with E-state index in [9.17, 15) is 4.79 Å². The lowest BCUT2D eigenvalue weighted by atomic mass is 10.2. The summed E-state index contributed by atoms with van der Waals surface area (Å²) in [7, 11) is 7.03. The predicted octanol–water partition coefficient (Wildman–Crippen LogP) is 3.11. The summed E-state index contributed by atoms with van der Waals surface area (Å²) >= 11 is 0. The van der Waals surface area contributed by atoms with Gasteiger partial charge < -0.3 is 24.3 Å². The highest BCUT2D eigenvalue weighted by atomic mass is 16.5. The molecule has 1 amide bonds. The minimum absolute atomic E-state index is 0.0238. The first-order valence-corrected chi connectivity index (χ1v) is 9.76. The van der Waals surface area contributed by atoms with Gasteiger partial charge in [-0.1, -0.05) is 30.3 Å². The number of likely N-dealkylation sites (N-methyl/N-ethyl adjacent to an activating group) is 1. The molecular weight excluding hydrogens is 380 g/mol. The molecule has 3 aromatic rings. The molecular formula is C23H28N4O3. The van der Waals surface area contributed by atoms with Crippen molar-refractivity contribution in [3.8, 4) is 5.75 Å². The average Bonchev–Trinajstić information content (AvgIpc) is 3.16. The maximum atomic E-state index is 12.0. The number of fused-ring (bicyclic) bond motifs is 1. The molecule has 0 spiro atoms. The summed E-state index contributed by atoms with van der Waals surface area (Å²) in [4.78, 5) is 20.3. The van der Waals surface area contributed by atoms with Gasteiger partial charge in [0.25, 0.3) is 0 Å². The number of carbonyl (C=O) groups excluding carboxylic acids is 1. The molecule has 1 heterocycles. The van der Waals surface area contributed by atoms with E-state index >= 15 is 0 Å². The van der Waals surface area contributed by atoms with Gasteiger partial charge in [0.15, 0.2) is 5.96 Å². The highest BCUT2D eigenvalue weighted by molar-refractivity contribution is 5.86. The van der Waals surface area contributed by atoms with Crippen LogP contribution < -0.4 is 10.1 Å². The molecule has 158 valence electrons. The van der Waals surface area contributed by atoms with Gasteiger partial charge in [0.05, 0.1) is 26.7 Å². The number of methoxy groups -OCH3 is 1. The number of amides is 1. The number of aliphatic imine (C=N–C) groups is 1. The van der Waals surface area contributed by atoms with Gasteiger partial charge >= 0.3 is 0 Å². The topological polar surface area (TPSA) is 70.3 Å². The molecule has 1 aromatic heterocycles. The van der Waals surface area contributed by atoms with Crippen LogP contribution in [0.1, 0.15) is 11.3 Å². The maximum Gasteiger partial charge on any atom is 0.241 e. The fourth-order valence-electron chi connectivity index (χ4n) is 2.94. The Balaban J connectivity index is 1.74. The van der Waals surface area contributed by atoms with Crippen molar-refractivity contribution in [3.63, 3.8) is 0 Å². The number of ether oxygens (including phenoxy) is 1. The molecule has 3 rings (SSSR count). The third-order valence-electron chi connectivity index (χ3n) is 4.70. The van der Waals surface area contributed by atoms with E-state index in [0.29, 0.717) is 19.0 Å². The van der Waals surface area contributed by atoms with Crippen molar-refractivity contribution in [2.45, 2.75) is 13.1 Å². The zero-order valence-corrected chi connectivity index (χ0v) is 17.9. The van der Waals surface area contributed by atoms with Gasteiger partial charge in [-0.2, -0.15) is 0 Å². The van der Waals surface area contributed by atoms with Crippen LogP contribution in [0.2, 0.25) is 0 Å². The third kappa shape index (κ3) is 5.53. The molecule has 7 heteroatoms. The molecule has 2 aromatic carbocycles. The fourth-order valence-corrected chi connectivity index (χ4v) is 2.94. The summed E-state index contributed by atoms with van der Waals surface area (Å²) in [6.07, 6.45) is 0. The van der Waals surface area contributed by atoms with Gasteiger partial charge in [-0.25, -0.2) is 4.99 Å². The van der Waals surface area contributed by atoms with E-state index in [-0.39, 0.29) is 12.5 Å². The molecule has 0 aliphatic heterocycles. The normalized spacial score (nSPS) is 11.4. The second-order valence-electron chi connectivity index (χ2n) is 7.24. The second-order valence-corrected chi connectivity index (χ2v) is 7.24. The van der Waals surface area contributed by atoms with Crippen LogP contribution in [0.5, 0.6) is 5.75 Å². The number of furan rings is 1. The lowest BCUT2D eigenvalue weighted by Crippen LogP contribution is -2.43. The van der Waals surface area contributed by atoms with Crippen molar-refractivity contribution in [3.05, 3.63) is 65.9 Å². The van der Waals surface area contributed by atoms with E-state index in [1.807, 2.05) is 66.5 Å². The highest BCUT2D eigenvalue weighted by Gasteiger charge is 2.13. The molecule has 30 heavy (non-hydrogen) atoms. The highest BCUT2D eigenvalue weighted by Crippen LogP contribution is 2.20. The van der Waals surface area contributed by atoms with Crippen LogP contribution in [0, 0.1) is 0 Å². The van der Waals surface area contributed by atoms with Crippen LogP contribution >= 0.6 is 0 Å². The molecule has 0 bridgehead atoms. The zero-order valence-electron chi connectivity index (χ0n) is 17.9. The summed E-state index contributed by atoms with van der Waals surface area (Å²) < 4.78 is 11.1. The Bertz CT molecular complexity index is 976. The van der Waals surface area contributed by atoms with Crippen LogP contribution in [0.4, 0.5) is 0 Å². The SMILES string of the molecule is COc1ccc(CN=C(NCC(=O)N(C)C)N(C)Cc2cc3ccccc3o2)cc1. The lowest BCUT2D eigenvalue weighted by molar-refractivity contribution is -0.127. The second kappa shape index (κ2) is 9.82. The van der Waals surface area contributed by atoms with E-state index in [1.54, 1.807) is 26.1 Å². The summed E-state index contributed by atoms with van der Waals surface area (Å²) in [5, 5.41) is 4.23. The van der Waals surface area contributed by atoms with Crippen molar-refractivity contribution < 1.29 is 13.9 Å². The Labute approximate surface area is 176 Å². The first kappa shape index (κ1) is 21.2. The Morgan fingerprint density at radius 2 is 1.83 bits per heavy atom. The molecule has 1 N–H and O–H groups in total. The predicted molar refractivity (Wildman–Crippen MR) is 119 cm³/mol. The Morgan fingerprint density at radius 3 is 2.50 bits per heavy atom. The van der Waals surface area contributed by atoms with Gasteiger partial charge in [-0.3, -0.25) is 4.79 Å². The van der Waals surface area contributed by atoms with E-state index in [0.717, 1.165) is 28.0 Å². The Kier molecular flexibility index (Phi) is 6.95. The van der Waals surface area contributed by atoms with Crippen LogP contribution in [-0.4, -0.2) is 56.5 Å². The smallest absolute Gasteiger partial charge is 0.241 e. The first-order valence-electron chi connectivity index (χ1n) is 9.76. The van der Waals surface area contributed by atoms with Crippen LogP contribution in [0.25, 0.3) is 11.0 Å². The Hall–Kier alpha value is -3.48. The molecule has 0 saturated heterocycles. The van der Waals surface area contributed by atoms with E-state index in [1.165, 1.54) is 0 Å².